The second kappa shape index (κ2) is 11.2. The van der Waals surface area contributed by atoms with Crippen molar-refractivity contribution < 1.29 is 19.1 Å². The van der Waals surface area contributed by atoms with E-state index in [1.54, 1.807) is 30.3 Å². The van der Waals surface area contributed by atoms with E-state index in [1.807, 2.05) is 41.3 Å². The quantitative estimate of drug-likeness (QED) is 0.445. The van der Waals surface area contributed by atoms with E-state index >= 15 is 0 Å². The Morgan fingerprint density at radius 1 is 0.947 bits per heavy atom. The molecule has 196 valence electrons. The monoisotopic (exact) mass is 511 g/mol. The van der Waals surface area contributed by atoms with Crippen LogP contribution in [0.25, 0.3) is 0 Å². The molecule has 2 aliphatic heterocycles. The van der Waals surface area contributed by atoms with Crippen molar-refractivity contribution in [2.24, 2.45) is 0 Å². The zero-order valence-electron chi connectivity index (χ0n) is 21.9. The predicted molar refractivity (Wildman–Crippen MR) is 146 cm³/mol. The maximum Gasteiger partial charge on any atom is 0.338 e. The molecule has 2 amide bonds. The molecule has 3 aromatic carbocycles. The third-order valence-electron chi connectivity index (χ3n) is 7.64. The number of esters is 1. The minimum atomic E-state index is -0.560. The normalized spacial score (nSPS) is 17.9. The maximum atomic E-state index is 13.8. The van der Waals surface area contributed by atoms with Gasteiger partial charge in [-0.2, -0.15) is 0 Å². The minimum absolute atomic E-state index is 0.0342. The Labute approximate surface area is 223 Å². The van der Waals surface area contributed by atoms with Gasteiger partial charge in [0, 0.05) is 24.3 Å². The largest absolute Gasteiger partial charge is 0.461 e. The second-order valence-electron chi connectivity index (χ2n) is 9.69. The first-order chi connectivity index (χ1) is 18.5. The van der Waals surface area contributed by atoms with Crippen molar-refractivity contribution in [3.63, 3.8) is 0 Å². The fraction of sp³-hybridized carbons (Fsp3) is 0.323. The van der Waals surface area contributed by atoms with Gasteiger partial charge in [-0.25, -0.2) is 4.79 Å². The molecule has 0 saturated heterocycles. The zero-order chi connectivity index (χ0) is 26.6. The summed E-state index contributed by atoms with van der Waals surface area (Å²) in [6, 6.07) is 21.8. The van der Waals surface area contributed by atoms with Gasteiger partial charge in [-0.3, -0.25) is 9.59 Å². The summed E-state index contributed by atoms with van der Waals surface area (Å²) in [7, 11) is 0. The molecule has 0 fully saturated rings. The van der Waals surface area contributed by atoms with Crippen LogP contribution < -0.4 is 5.32 Å². The molecular weight excluding hydrogens is 478 g/mol. The smallest absolute Gasteiger partial charge is 0.338 e. The highest BCUT2D eigenvalue weighted by Crippen LogP contribution is 2.46. The van der Waals surface area contributed by atoms with Gasteiger partial charge in [0.2, 0.25) is 5.91 Å². The summed E-state index contributed by atoms with van der Waals surface area (Å²) < 4.78 is 5.41. The van der Waals surface area contributed by atoms with Crippen molar-refractivity contribution in [2.45, 2.75) is 32.2 Å². The van der Waals surface area contributed by atoms with Gasteiger partial charge in [0.1, 0.15) is 6.61 Å². The van der Waals surface area contributed by atoms with Gasteiger partial charge in [-0.1, -0.05) is 56.3 Å². The molecular formula is C31H33N3O4. The van der Waals surface area contributed by atoms with E-state index < -0.39 is 5.92 Å². The van der Waals surface area contributed by atoms with Gasteiger partial charge < -0.3 is 19.9 Å². The first kappa shape index (κ1) is 25.7. The molecule has 38 heavy (non-hydrogen) atoms. The zero-order valence-corrected chi connectivity index (χ0v) is 21.9. The fourth-order valence-electron chi connectivity index (χ4n) is 5.56. The lowest BCUT2D eigenvalue weighted by Crippen LogP contribution is -2.49. The number of benzene rings is 3. The molecule has 2 heterocycles. The molecule has 0 radical (unpaired) electrons. The summed E-state index contributed by atoms with van der Waals surface area (Å²) in [4.78, 5) is 43.7. The molecule has 0 bridgehead atoms. The van der Waals surface area contributed by atoms with Gasteiger partial charge >= 0.3 is 5.97 Å². The van der Waals surface area contributed by atoms with Crippen LogP contribution in [0, 0.1) is 0 Å². The van der Waals surface area contributed by atoms with Crippen molar-refractivity contribution in [1.29, 1.82) is 0 Å². The number of carbonyl (C=O) groups is 3. The van der Waals surface area contributed by atoms with Crippen molar-refractivity contribution in [1.82, 2.24) is 9.80 Å². The summed E-state index contributed by atoms with van der Waals surface area (Å²) >= 11 is 0. The molecule has 0 saturated carbocycles. The molecule has 7 nitrogen and oxygen atoms in total. The van der Waals surface area contributed by atoms with E-state index in [0.717, 1.165) is 30.6 Å². The van der Waals surface area contributed by atoms with E-state index in [9.17, 15) is 14.4 Å². The van der Waals surface area contributed by atoms with Crippen LogP contribution in [-0.2, 0) is 16.0 Å². The predicted octanol–water partition coefficient (Wildman–Crippen LogP) is 4.66. The number of hydrogen-bond acceptors (Lipinski definition) is 5. The molecule has 0 spiro atoms. The lowest BCUT2D eigenvalue weighted by atomic mass is 9.76. The molecule has 2 atom stereocenters. The standard InChI is InChI=1S/C31H33N3O4/c1-3-33(4-2)19-20-38-31(37)22-13-15-23(16-14-22)32-29(35)27-25-11-7-8-12-26(25)30(36)34-18-17-21-9-5-6-10-24(21)28(27)34/h5-16,27-28H,3-4,17-20H2,1-2H3,(H,32,35)/t27-,28-/m0/s1. The van der Waals surface area contributed by atoms with Crippen LogP contribution in [0.4, 0.5) is 5.69 Å². The first-order valence-corrected chi connectivity index (χ1v) is 13.3. The van der Waals surface area contributed by atoms with Crippen LogP contribution in [0.5, 0.6) is 0 Å². The van der Waals surface area contributed by atoms with E-state index in [1.165, 1.54) is 5.56 Å². The lowest BCUT2D eigenvalue weighted by molar-refractivity contribution is -0.119. The number of nitrogens with zero attached hydrogens (tertiary/aromatic N) is 2. The number of anilines is 1. The molecule has 0 aromatic heterocycles. The van der Waals surface area contributed by atoms with Crippen LogP contribution in [0.3, 0.4) is 0 Å². The Bertz CT molecular complexity index is 1330. The molecule has 5 rings (SSSR count). The van der Waals surface area contributed by atoms with Crippen molar-refractivity contribution >= 4 is 23.5 Å². The molecule has 7 heteroatoms. The average Bonchev–Trinajstić information content (AvgIpc) is 2.95. The molecule has 1 N–H and O–H groups in total. The van der Waals surface area contributed by atoms with E-state index in [-0.39, 0.29) is 23.8 Å². The van der Waals surface area contributed by atoms with E-state index in [4.69, 9.17) is 4.74 Å². The maximum absolute atomic E-state index is 13.8. The highest BCUT2D eigenvalue weighted by molar-refractivity contribution is 6.04. The van der Waals surface area contributed by atoms with Crippen LogP contribution in [-0.4, -0.2) is 60.4 Å². The van der Waals surface area contributed by atoms with Crippen molar-refractivity contribution in [2.75, 3.05) is 38.1 Å². The number of hydrogen-bond donors (Lipinski definition) is 1. The van der Waals surface area contributed by atoms with Crippen LogP contribution in [0.1, 0.15) is 63.2 Å². The van der Waals surface area contributed by atoms with Gasteiger partial charge in [0.15, 0.2) is 0 Å². The molecule has 3 aromatic rings. The van der Waals surface area contributed by atoms with E-state index in [2.05, 4.69) is 30.1 Å². The Balaban J connectivity index is 1.35. The highest BCUT2D eigenvalue weighted by Gasteiger charge is 2.46. The number of rotatable bonds is 8. The Hall–Kier alpha value is -3.97. The number of nitrogens with one attached hydrogen (secondary N) is 1. The van der Waals surface area contributed by atoms with Gasteiger partial charge in [-0.15, -0.1) is 0 Å². The fourth-order valence-corrected chi connectivity index (χ4v) is 5.56. The summed E-state index contributed by atoms with van der Waals surface area (Å²) in [5.74, 6) is -1.17. The van der Waals surface area contributed by atoms with E-state index in [0.29, 0.717) is 36.5 Å². The van der Waals surface area contributed by atoms with Crippen LogP contribution >= 0.6 is 0 Å². The summed E-state index contributed by atoms with van der Waals surface area (Å²) in [6.07, 6.45) is 0.765. The molecule has 0 aliphatic carbocycles. The SMILES string of the molecule is CCN(CC)CCOC(=O)c1ccc(NC(=O)[C@H]2c3ccccc3C(=O)N3CCc4ccccc4[C@@H]23)cc1. The first-order valence-electron chi connectivity index (χ1n) is 13.3. The van der Waals surface area contributed by atoms with Crippen molar-refractivity contribution in [3.8, 4) is 0 Å². The van der Waals surface area contributed by atoms with Gasteiger partial charge in [0.25, 0.3) is 5.91 Å². The number of ether oxygens (including phenoxy) is 1. The third-order valence-corrected chi connectivity index (χ3v) is 7.64. The van der Waals surface area contributed by atoms with Crippen LogP contribution in [0.2, 0.25) is 0 Å². The second-order valence-corrected chi connectivity index (χ2v) is 9.69. The summed E-state index contributed by atoms with van der Waals surface area (Å²) in [5.41, 5.74) is 4.52. The van der Waals surface area contributed by atoms with Gasteiger partial charge in [-0.05, 0) is 66.5 Å². The molecule has 0 unspecified atom stereocenters. The summed E-state index contributed by atoms with van der Waals surface area (Å²) in [5, 5.41) is 3.03. The Morgan fingerprint density at radius 3 is 2.37 bits per heavy atom. The van der Waals surface area contributed by atoms with Gasteiger partial charge in [0.05, 0.1) is 17.5 Å². The highest BCUT2D eigenvalue weighted by atomic mass is 16.5. The topological polar surface area (TPSA) is 79.0 Å². The van der Waals surface area contributed by atoms with Crippen molar-refractivity contribution in [3.05, 3.63) is 101 Å². The number of amides is 2. The third kappa shape index (κ3) is 4.94. The number of carbonyl (C=O) groups excluding carboxylic acids is 3. The summed E-state index contributed by atoms with van der Waals surface area (Å²) in [6.45, 7) is 7.57. The lowest BCUT2D eigenvalue weighted by Gasteiger charge is -2.45. The van der Waals surface area contributed by atoms with Crippen LogP contribution in [0.15, 0.2) is 72.8 Å². The molecule has 2 aliphatic rings. The Morgan fingerprint density at radius 2 is 1.63 bits per heavy atom. The Kier molecular flexibility index (Phi) is 7.56. The number of likely N-dealkylation sites (N-methyl/N-ethyl adjacent to an activating group) is 1. The average molecular weight is 512 g/mol. The number of fused-ring (bicyclic) bond motifs is 4. The minimum Gasteiger partial charge on any atom is -0.461 e.